The second-order valence-electron chi connectivity index (χ2n) is 6.50. The lowest BCUT2D eigenvalue weighted by Gasteiger charge is -2.12. The van der Waals surface area contributed by atoms with E-state index in [1.54, 1.807) is 44.4 Å². The molecule has 0 aliphatic rings. The molecule has 0 aliphatic carbocycles. The maximum Gasteiger partial charge on any atom is 0.349 e. The number of amides is 1. The van der Waals surface area contributed by atoms with E-state index in [2.05, 4.69) is 12.2 Å². The number of anilines is 1. The molecule has 0 spiro atoms. The maximum absolute atomic E-state index is 12.5. The number of methoxy groups -OCH3 is 1. The number of hydrogen-bond donors (Lipinski definition) is 1. The Hall–Kier alpha value is -2.60. The predicted octanol–water partition coefficient (Wildman–Crippen LogP) is 4.13. The van der Waals surface area contributed by atoms with Crippen LogP contribution in [0.25, 0.3) is 0 Å². The Labute approximate surface area is 159 Å². The molecule has 2 aromatic rings. The number of aryl methyl sites for hydroxylation is 1. The Morgan fingerprint density at radius 3 is 2.52 bits per heavy atom. The molecule has 0 radical (unpaired) electrons. The Morgan fingerprint density at radius 1 is 1.22 bits per heavy atom. The van der Waals surface area contributed by atoms with Crippen LogP contribution in [0.2, 0.25) is 0 Å². The molecule has 1 aromatic carbocycles. The quantitative estimate of drug-likeness (QED) is 0.669. The zero-order valence-corrected chi connectivity index (χ0v) is 16.3. The molecule has 1 atom stereocenters. The molecule has 1 aromatic heterocycles. The molecule has 0 bridgehead atoms. The van der Waals surface area contributed by atoms with Crippen LogP contribution in [-0.4, -0.2) is 26.2 Å². The van der Waals surface area contributed by atoms with Gasteiger partial charge in [-0.05, 0) is 49.2 Å². The topological polar surface area (TPSA) is 77.8 Å². The van der Waals surface area contributed by atoms with Crippen LogP contribution in [0.3, 0.4) is 0 Å². The lowest BCUT2D eigenvalue weighted by atomic mass is 10.0. The smallest absolute Gasteiger partial charge is 0.349 e. The molecule has 146 valence electrons. The van der Waals surface area contributed by atoms with Crippen molar-refractivity contribution in [2.45, 2.75) is 39.5 Å². The zero-order valence-electron chi connectivity index (χ0n) is 16.3. The van der Waals surface area contributed by atoms with E-state index in [1.807, 2.05) is 6.92 Å². The van der Waals surface area contributed by atoms with Gasteiger partial charge in [0.05, 0.1) is 6.61 Å². The van der Waals surface area contributed by atoms with Gasteiger partial charge < -0.3 is 19.2 Å². The van der Waals surface area contributed by atoms with Gasteiger partial charge in [0.15, 0.2) is 0 Å². The first-order valence-corrected chi connectivity index (χ1v) is 9.14. The fourth-order valence-electron chi connectivity index (χ4n) is 2.79. The van der Waals surface area contributed by atoms with Crippen molar-refractivity contribution in [2.75, 3.05) is 25.6 Å². The van der Waals surface area contributed by atoms with Crippen LogP contribution in [0.1, 0.15) is 54.3 Å². The first-order valence-electron chi connectivity index (χ1n) is 9.14. The highest BCUT2D eigenvalue weighted by Gasteiger charge is 2.19. The van der Waals surface area contributed by atoms with Crippen molar-refractivity contribution in [1.29, 1.82) is 0 Å². The summed E-state index contributed by atoms with van der Waals surface area (Å²) in [5.74, 6) is 0.955. The second-order valence-corrected chi connectivity index (χ2v) is 6.50. The van der Waals surface area contributed by atoms with E-state index in [4.69, 9.17) is 13.9 Å². The van der Waals surface area contributed by atoms with Gasteiger partial charge >= 0.3 is 5.63 Å². The van der Waals surface area contributed by atoms with Crippen LogP contribution < -0.4 is 15.7 Å². The van der Waals surface area contributed by atoms with Crippen LogP contribution in [0.5, 0.6) is 5.75 Å². The van der Waals surface area contributed by atoms with Crippen molar-refractivity contribution < 1.29 is 18.7 Å². The maximum atomic E-state index is 12.5. The van der Waals surface area contributed by atoms with Gasteiger partial charge in [0.25, 0.3) is 5.91 Å². The fourth-order valence-corrected chi connectivity index (χ4v) is 2.79. The molecular weight excluding hydrogens is 346 g/mol. The van der Waals surface area contributed by atoms with Crippen molar-refractivity contribution in [3.8, 4) is 5.75 Å². The van der Waals surface area contributed by atoms with Gasteiger partial charge in [0, 0.05) is 18.7 Å². The number of benzene rings is 1. The molecule has 0 aliphatic heterocycles. The minimum Gasteiger partial charge on any atom is -0.491 e. The standard InChI is InChI=1S/C21H27NO5/c1-5-6-14(2)18-13-15(3)19(21(24)27-18)20(23)22-16-7-9-17(10-8-16)26-12-11-25-4/h7-10,13-14H,5-6,11-12H2,1-4H3,(H,22,23). The monoisotopic (exact) mass is 373 g/mol. The van der Waals surface area contributed by atoms with E-state index in [0.29, 0.717) is 36.0 Å². The van der Waals surface area contributed by atoms with Crippen LogP contribution >= 0.6 is 0 Å². The summed E-state index contributed by atoms with van der Waals surface area (Å²) < 4.78 is 15.8. The minimum absolute atomic E-state index is 0.0304. The average molecular weight is 373 g/mol. The zero-order chi connectivity index (χ0) is 19.8. The Morgan fingerprint density at radius 2 is 1.93 bits per heavy atom. The third-order valence-corrected chi connectivity index (χ3v) is 4.27. The number of hydrogen-bond acceptors (Lipinski definition) is 5. The normalized spacial score (nSPS) is 11.9. The molecule has 0 saturated carbocycles. The number of rotatable bonds is 9. The first-order chi connectivity index (χ1) is 13.0. The second kappa shape index (κ2) is 9.92. The molecule has 1 heterocycles. The molecule has 27 heavy (non-hydrogen) atoms. The third kappa shape index (κ3) is 5.69. The van der Waals surface area contributed by atoms with Crippen LogP contribution in [0.15, 0.2) is 39.5 Å². The largest absolute Gasteiger partial charge is 0.491 e. The molecule has 1 unspecified atom stereocenters. The summed E-state index contributed by atoms with van der Waals surface area (Å²) in [5.41, 5.74) is 0.607. The molecule has 2 rings (SSSR count). The van der Waals surface area contributed by atoms with Gasteiger partial charge in [0.1, 0.15) is 23.7 Å². The van der Waals surface area contributed by atoms with Crippen molar-refractivity contribution in [1.82, 2.24) is 0 Å². The molecule has 6 heteroatoms. The summed E-state index contributed by atoms with van der Waals surface area (Å²) in [6.07, 6.45) is 1.92. The van der Waals surface area contributed by atoms with E-state index in [0.717, 1.165) is 12.8 Å². The number of carbonyl (C=O) groups is 1. The van der Waals surface area contributed by atoms with E-state index < -0.39 is 11.5 Å². The van der Waals surface area contributed by atoms with Gasteiger partial charge in [-0.25, -0.2) is 4.79 Å². The van der Waals surface area contributed by atoms with Gasteiger partial charge in [-0.15, -0.1) is 0 Å². The van der Waals surface area contributed by atoms with Gasteiger partial charge in [-0.2, -0.15) is 0 Å². The first kappa shape index (κ1) is 20.7. The molecule has 6 nitrogen and oxygen atoms in total. The van der Waals surface area contributed by atoms with Crippen molar-refractivity contribution in [2.24, 2.45) is 0 Å². The van der Waals surface area contributed by atoms with E-state index in [9.17, 15) is 9.59 Å². The summed E-state index contributed by atoms with van der Waals surface area (Å²) in [6, 6.07) is 8.71. The number of nitrogens with one attached hydrogen (secondary N) is 1. The summed E-state index contributed by atoms with van der Waals surface area (Å²) in [4.78, 5) is 24.9. The minimum atomic E-state index is -0.607. The lowest BCUT2D eigenvalue weighted by Crippen LogP contribution is -2.23. The molecular formula is C21H27NO5. The summed E-state index contributed by atoms with van der Waals surface area (Å²) in [5, 5.41) is 2.73. The third-order valence-electron chi connectivity index (χ3n) is 4.27. The fraction of sp³-hybridized carbons (Fsp3) is 0.429. The number of carbonyl (C=O) groups excluding carboxylic acids is 1. The summed E-state index contributed by atoms with van der Waals surface area (Å²) in [6.45, 7) is 6.79. The van der Waals surface area contributed by atoms with Gasteiger partial charge in [0.2, 0.25) is 0 Å². The predicted molar refractivity (Wildman–Crippen MR) is 105 cm³/mol. The highest BCUT2D eigenvalue weighted by Crippen LogP contribution is 2.22. The van der Waals surface area contributed by atoms with Crippen molar-refractivity contribution in [3.63, 3.8) is 0 Å². The lowest BCUT2D eigenvalue weighted by molar-refractivity contribution is 0.102. The summed E-state index contributed by atoms with van der Waals surface area (Å²) in [7, 11) is 1.61. The summed E-state index contributed by atoms with van der Waals surface area (Å²) >= 11 is 0. The van der Waals surface area contributed by atoms with E-state index >= 15 is 0 Å². The average Bonchev–Trinajstić information content (AvgIpc) is 2.63. The van der Waals surface area contributed by atoms with E-state index in [1.165, 1.54) is 0 Å². The van der Waals surface area contributed by atoms with Crippen LogP contribution in [-0.2, 0) is 4.74 Å². The van der Waals surface area contributed by atoms with Gasteiger partial charge in [-0.1, -0.05) is 20.3 Å². The van der Waals surface area contributed by atoms with Gasteiger partial charge in [-0.3, -0.25) is 4.79 Å². The highest BCUT2D eigenvalue weighted by molar-refractivity contribution is 6.04. The SMILES string of the molecule is CCCC(C)c1cc(C)c(C(=O)Nc2ccc(OCCOC)cc2)c(=O)o1. The Bertz CT molecular complexity index is 810. The number of ether oxygens (including phenoxy) is 2. The highest BCUT2D eigenvalue weighted by atomic mass is 16.5. The van der Waals surface area contributed by atoms with Crippen LogP contribution in [0, 0.1) is 6.92 Å². The molecule has 1 amide bonds. The Balaban J connectivity index is 2.10. The Kier molecular flexibility index (Phi) is 7.61. The molecule has 0 fully saturated rings. The van der Waals surface area contributed by atoms with Crippen LogP contribution in [0.4, 0.5) is 5.69 Å². The van der Waals surface area contributed by atoms with Crippen molar-refractivity contribution >= 4 is 11.6 Å². The molecule has 0 saturated heterocycles. The van der Waals surface area contributed by atoms with Crippen molar-refractivity contribution in [3.05, 3.63) is 57.6 Å². The molecule has 1 N–H and O–H groups in total. The van der Waals surface area contributed by atoms with E-state index in [-0.39, 0.29) is 11.5 Å².